The Morgan fingerprint density at radius 1 is 1.23 bits per heavy atom. The Labute approximate surface area is 134 Å². The Morgan fingerprint density at radius 3 is 2.55 bits per heavy atom. The molecule has 1 aromatic carbocycles. The van der Waals surface area contributed by atoms with Gasteiger partial charge >= 0.3 is 0 Å². The number of ether oxygens (including phenoxy) is 1. The number of likely N-dealkylation sites (N-methyl/N-ethyl adjacent to an activating group) is 1. The largest absolute Gasteiger partial charge is 0.389 e. The van der Waals surface area contributed by atoms with Crippen LogP contribution in [0.1, 0.15) is 32.4 Å². The SMILES string of the molecule is CN1CCN(CC(O)COC(C)(C)C)C(c2ccccc2)C1. The molecular weight excluding hydrogens is 276 g/mol. The smallest absolute Gasteiger partial charge is 0.0900 e. The van der Waals surface area contributed by atoms with Crippen LogP contribution in [-0.2, 0) is 4.74 Å². The van der Waals surface area contributed by atoms with E-state index in [0.717, 1.165) is 19.6 Å². The van der Waals surface area contributed by atoms with Gasteiger partial charge < -0.3 is 14.7 Å². The quantitative estimate of drug-likeness (QED) is 0.904. The Balaban J connectivity index is 1.98. The van der Waals surface area contributed by atoms with Crippen molar-refractivity contribution in [2.24, 2.45) is 0 Å². The van der Waals surface area contributed by atoms with E-state index in [1.54, 1.807) is 0 Å². The lowest BCUT2D eigenvalue weighted by Gasteiger charge is -2.41. The molecule has 2 rings (SSSR count). The zero-order valence-corrected chi connectivity index (χ0v) is 14.3. The van der Waals surface area contributed by atoms with Crippen LogP contribution in [0.25, 0.3) is 0 Å². The first-order chi connectivity index (χ1) is 10.3. The Morgan fingerprint density at radius 2 is 1.91 bits per heavy atom. The third-order valence-corrected chi connectivity index (χ3v) is 4.03. The predicted molar refractivity (Wildman–Crippen MR) is 90.0 cm³/mol. The van der Waals surface area contributed by atoms with Crippen LogP contribution in [0.2, 0.25) is 0 Å². The topological polar surface area (TPSA) is 35.9 Å². The van der Waals surface area contributed by atoms with Crippen molar-refractivity contribution in [1.29, 1.82) is 0 Å². The van der Waals surface area contributed by atoms with E-state index < -0.39 is 6.10 Å². The Bertz CT molecular complexity index is 444. The van der Waals surface area contributed by atoms with Crippen LogP contribution in [0.3, 0.4) is 0 Å². The molecule has 0 amide bonds. The normalized spacial score (nSPS) is 22.7. The molecule has 1 fully saturated rings. The van der Waals surface area contributed by atoms with Crippen LogP contribution in [0.4, 0.5) is 0 Å². The average molecular weight is 306 g/mol. The van der Waals surface area contributed by atoms with Crippen molar-refractivity contribution in [3.05, 3.63) is 35.9 Å². The fraction of sp³-hybridized carbons (Fsp3) is 0.667. The lowest BCUT2D eigenvalue weighted by molar-refractivity contribution is -0.0632. The molecule has 2 unspecified atom stereocenters. The first kappa shape index (κ1) is 17.4. The third kappa shape index (κ3) is 5.36. The molecule has 22 heavy (non-hydrogen) atoms. The highest BCUT2D eigenvalue weighted by molar-refractivity contribution is 5.20. The van der Waals surface area contributed by atoms with Gasteiger partial charge in [-0.25, -0.2) is 0 Å². The molecule has 0 aromatic heterocycles. The first-order valence-electron chi connectivity index (χ1n) is 8.15. The number of nitrogens with zero attached hydrogens (tertiary/aromatic N) is 2. The average Bonchev–Trinajstić information content (AvgIpc) is 2.47. The molecule has 1 aliphatic heterocycles. The van der Waals surface area contributed by atoms with Gasteiger partial charge in [-0.1, -0.05) is 30.3 Å². The minimum absolute atomic E-state index is 0.206. The summed E-state index contributed by atoms with van der Waals surface area (Å²) in [6.45, 7) is 10.1. The summed E-state index contributed by atoms with van der Waals surface area (Å²) in [5, 5.41) is 10.3. The summed E-state index contributed by atoms with van der Waals surface area (Å²) in [7, 11) is 2.16. The minimum atomic E-state index is -0.450. The predicted octanol–water partition coefficient (Wildman–Crippen LogP) is 2.15. The number of aliphatic hydroxyl groups excluding tert-OH is 1. The summed E-state index contributed by atoms with van der Waals surface area (Å²) in [6.07, 6.45) is -0.450. The summed E-state index contributed by atoms with van der Waals surface area (Å²) in [5.41, 5.74) is 1.11. The molecule has 0 spiro atoms. The zero-order valence-electron chi connectivity index (χ0n) is 14.3. The molecular formula is C18H30N2O2. The van der Waals surface area contributed by atoms with Gasteiger partial charge in [0, 0.05) is 32.2 Å². The molecule has 4 nitrogen and oxygen atoms in total. The number of rotatable bonds is 5. The molecule has 1 saturated heterocycles. The molecule has 0 aliphatic carbocycles. The van der Waals surface area contributed by atoms with E-state index >= 15 is 0 Å². The van der Waals surface area contributed by atoms with Gasteiger partial charge in [0.1, 0.15) is 0 Å². The second-order valence-electron chi connectivity index (χ2n) is 7.26. The fourth-order valence-electron chi connectivity index (χ4n) is 2.84. The van der Waals surface area contributed by atoms with Gasteiger partial charge in [0.25, 0.3) is 0 Å². The Hall–Kier alpha value is -0.940. The highest BCUT2D eigenvalue weighted by atomic mass is 16.5. The van der Waals surface area contributed by atoms with Crippen molar-refractivity contribution in [3.8, 4) is 0 Å². The number of piperazine rings is 1. The number of aliphatic hydroxyl groups is 1. The monoisotopic (exact) mass is 306 g/mol. The maximum Gasteiger partial charge on any atom is 0.0900 e. The van der Waals surface area contributed by atoms with Crippen molar-refractivity contribution in [2.45, 2.75) is 38.5 Å². The van der Waals surface area contributed by atoms with Gasteiger partial charge in [0.05, 0.1) is 18.3 Å². The van der Waals surface area contributed by atoms with Crippen molar-refractivity contribution in [3.63, 3.8) is 0 Å². The zero-order chi connectivity index (χ0) is 16.2. The van der Waals surface area contributed by atoms with Crippen molar-refractivity contribution in [1.82, 2.24) is 9.80 Å². The molecule has 0 saturated carbocycles. The molecule has 0 radical (unpaired) electrons. The molecule has 124 valence electrons. The third-order valence-electron chi connectivity index (χ3n) is 4.03. The minimum Gasteiger partial charge on any atom is -0.389 e. The van der Waals surface area contributed by atoms with E-state index in [4.69, 9.17) is 4.74 Å². The molecule has 1 N–H and O–H groups in total. The molecule has 2 atom stereocenters. The van der Waals surface area contributed by atoms with E-state index in [1.807, 2.05) is 26.8 Å². The van der Waals surface area contributed by atoms with E-state index in [1.165, 1.54) is 5.56 Å². The Kier molecular flexibility index (Phi) is 5.98. The number of hydrogen-bond donors (Lipinski definition) is 1. The molecule has 0 bridgehead atoms. The maximum absolute atomic E-state index is 10.3. The number of hydrogen-bond acceptors (Lipinski definition) is 4. The van der Waals surface area contributed by atoms with Gasteiger partial charge in [0.15, 0.2) is 0 Å². The summed E-state index contributed by atoms with van der Waals surface area (Å²) in [6, 6.07) is 10.9. The van der Waals surface area contributed by atoms with Crippen molar-refractivity contribution >= 4 is 0 Å². The number of β-amino-alcohol motifs (C(OH)–C–C–N with tert-alkyl or cyclic N) is 1. The number of benzene rings is 1. The standard InChI is InChI=1S/C18H30N2O2/c1-18(2,3)22-14-16(21)12-20-11-10-19(4)13-17(20)15-8-6-5-7-9-15/h5-9,16-17,21H,10-14H2,1-4H3. The summed E-state index contributed by atoms with van der Waals surface area (Å²) in [4.78, 5) is 4.73. The van der Waals surface area contributed by atoms with Crippen LogP contribution in [0.15, 0.2) is 30.3 Å². The van der Waals surface area contributed by atoms with E-state index in [-0.39, 0.29) is 5.60 Å². The highest BCUT2D eigenvalue weighted by Crippen LogP contribution is 2.25. The van der Waals surface area contributed by atoms with Gasteiger partial charge in [-0.15, -0.1) is 0 Å². The second-order valence-corrected chi connectivity index (χ2v) is 7.26. The van der Waals surface area contributed by atoms with Crippen LogP contribution < -0.4 is 0 Å². The van der Waals surface area contributed by atoms with Gasteiger partial charge in [-0.05, 0) is 33.4 Å². The summed E-state index contributed by atoms with van der Waals surface area (Å²) >= 11 is 0. The van der Waals surface area contributed by atoms with Crippen molar-refractivity contribution < 1.29 is 9.84 Å². The van der Waals surface area contributed by atoms with Gasteiger partial charge in [-0.3, -0.25) is 4.90 Å². The van der Waals surface area contributed by atoms with E-state index in [2.05, 4.69) is 41.1 Å². The van der Waals surface area contributed by atoms with Crippen LogP contribution in [0, 0.1) is 0 Å². The maximum atomic E-state index is 10.3. The molecule has 4 heteroatoms. The van der Waals surface area contributed by atoms with Gasteiger partial charge in [0.2, 0.25) is 0 Å². The van der Waals surface area contributed by atoms with Crippen LogP contribution in [0.5, 0.6) is 0 Å². The highest BCUT2D eigenvalue weighted by Gasteiger charge is 2.28. The lowest BCUT2D eigenvalue weighted by Crippen LogP contribution is -2.49. The molecule has 1 aromatic rings. The summed E-state index contributed by atoms with van der Waals surface area (Å²) < 4.78 is 5.71. The summed E-state index contributed by atoms with van der Waals surface area (Å²) in [5.74, 6) is 0. The first-order valence-corrected chi connectivity index (χ1v) is 8.15. The van der Waals surface area contributed by atoms with E-state index in [9.17, 15) is 5.11 Å². The molecule has 1 aliphatic rings. The van der Waals surface area contributed by atoms with Crippen molar-refractivity contribution in [2.75, 3.05) is 39.8 Å². The fourth-order valence-corrected chi connectivity index (χ4v) is 2.84. The lowest BCUT2D eigenvalue weighted by atomic mass is 10.0. The van der Waals surface area contributed by atoms with E-state index in [0.29, 0.717) is 19.2 Å². The van der Waals surface area contributed by atoms with Crippen LogP contribution in [-0.4, -0.2) is 66.4 Å². The van der Waals surface area contributed by atoms with Gasteiger partial charge in [-0.2, -0.15) is 0 Å². The second kappa shape index (κ2) is 7.55. The molecule has 1 heterocycles. The van der Waals surface area contributed by atoms with Crippen LogP contribution >= 0.6 is 0 Å².